The van der Waals surface area contributed by atoms with E-state index in [4.69, 9.17) is 38.2 Å². The summed E-state index contributed by atoms with van der Waals surface area (Å²) >= 11 is 0. The predicted molar refractivity (Wildman–Crippen MR) is 271 cm³/mol. The number of ether oxygens (including phenoxy) is 6. The Morgan fingerprint density at radius 1 is 0.444 bits per heavy atom. The summed E-state index contributed by atoms with van der Waals surface area (Å²) in [6.45, 7) is 5.47. The summed E-state index contributed by atoms with van der Waals surface area (Å²) in [5, 5.41) is 41.0. The number of hydrogen-bond donors (Lipinski definition) is 4. The largest absolute Gasteiger partial charge is 0.481 e. The Balaban J connectivity index is 0.993. The lowest BCUT2D eigenvalue weighted by Gasteiger charge is -2.33. The van der Waals surface area contributed by atoms with Crippen LogP contribution in [0.2, 0.25) is 0 Å². The first-order valence-corrected chi connectivity index (χ1v) is 29.5. The first-order chi connectivity index (χ1) is 35.0. The van der Waals surface area contributed by atoms with Crippen LogP contribution in [0.5, 0.6) is 0 Å². The first kappa shape index (κ1) is 59.3. The number of carbonyl (C=O) groups is 3. The van der Waals surface area contributed by atoms with Crippen molar-refractivity contribution in [2.75, 3.05) is 13.2 Å². The molecule has 72 heavy (non-hydrogen) atoms. The number of carboxylic acids is 2. The van der Waals surface area contributed by atoms with Gasteiger partial charge in [-0.1, -0.05) is 149 Å². The van der Waals surface area contributed by atoms with E-state index in [9.17, 15) is 34.8 Å². The third-order valence-electron chi connectivity index (χ3n) is 16.8. The fraction of sp³-hybridized carbons (Fsp3) is 0.947. The SMILES string of the molecule is CCCCCCCCC1OC1CCCCCCC(C(=O)O)C(CCCCCC1OC1CC1OC1CC1OC1CC)C(C(=O)OOCC(O)CO)C(CCCCCCC1OC1CC1OC1CCCCC)C(=O)O. The van der Waals surface area contributed by atoms with Gasteiger partial charge in [0.25, 0.3) is 0 Å². The van der Waals surface area contributed by atoms with Crippen molar-refractivity contribution in [2.24, 2.45) is 23.7 Å². The summed E-state index contributed by atoms with van der Waals surface area (Å²) < 4.78 is 35.5. The fourth-order valence-corrected chi connectivity index (χ4v) is 11.9. The number of carbonyl (C=O) groups excluding carboxylic acids is 1. The second-order valence-electron chi connectivity index (χ2n) is 22.7. The predicted octanol–water partition coefficient (Wildman–Crippen LogP) is 10.6. The van der Waals surface area contributed by atoms with Crippen molar-refractivity contribution >= 4 is 17.9 Å². The normalized spacial score (nSPS) is 30.8. The van der Waals surface area contributed by atoms with E-state index < -0.39 is 60.9 Å². The highest BCUT2D eigenvalue weighted by atomic mass is 17.2. The Morgan fingerprint density at radius 3 is 1.26 bits per heavy atom. The van der Waals surface area contributed by atoms with Crippen molar-refractivity contribution in [3.8, 4) is 0 Å². The molecule has 17 unspecified atom stereocenters. The van der Waals surface area contributed by atoms with Gasteiger partial charge in [0.05, 0.1) is 97.6 Å². The summed E-state index contributed by atoms with van der Waals surface area (Å²) in [6.07, 6.45) is 32.0. The van der Waals surface area contributed by atoms with Crippen LogP contribution < -0.4 is 0 Å². The van der Waals surface area contributed by atoms with Gasteiger partial charge < -0.3 is 48.8 Å². The molecule has 0 aromatic carbocycles. The van der Waals surface area contributed by atoms with Crippen LogP contribution in [0.1, 0.15) is 226 Å². The third kappa shape index (κ3) is 21.6. The number of unbranched alkanes of at least 4 members (excludes halogenated alkanes) is 15. The number of aliphatic hydroxyl groups is 2. The van der Waals surface area contributed by atoms with E-state index in [0.29, 0.717) is 68.7 Å². The zero-order valence-electron chi connectivity index (χ0n) is 44.6. The fourth-order valence-electron chi connectivity index (χ4n) is 11.9. The van der Waals surface area contributed by atoms with Gasteiger partial charge in [-0.3, -0.25) is 14.5 Å². The summed E-state index contributed by atoms with van der Waals surface area (Å²) in [7, 11) is 0. The van der Waals surface area contributed by atoms with Crippen LogP contribution in [-0.2, 0) is 52.6 Å². The molecule has 0 aromatic rings. The highest BCUT2D eigenvalue weighted by Gasteiger charge is 2.52. The molecule has 6 aliphatic heterocycles. The molecule has 0 aliphatic carbocycles. The van der Waals surface area contributed by atoms with E-state index in [1.54, 1.807) is 0 Å². The van der Waals surface area contributed by atoms with Crippen LogP contribution in [-0.4, -0.2) is 131 Å². The quantitative estimate of drug-likeness (QED) is 0.0192. The van der Waals surface area contributed by atoms with Crippen LogP contribution in [0, 0.1) is 23.7 Å². The van der Waals surface area contributed by atoms with Crippen LogP contribution >= 0.6 is 0 Å². The van der Waals surface area contributed by atoms with Gasteiger partial charge in [-0.2, -0.15) is 4.89 Å². The van der Waals surface area contributed by atoms with Crippen molar-refractivity contribution < 1.29 is 73.0 Å². The maximum absolute atomic E-state index is 14.2. The summed E-state index contributed by atoms with van der Waals surface area (Å²) in [6, 6.07) is 0. The van der Waals surface area contributed by atoms with Gasteiger partial charge in [-0.25, -0.2) is 4.79 Å². The maximum Gasteiger partial charge on any atom is 0.346 e. The van der Waals surface area contributed by atoms with E-state index in [0.717, 1.165) is 109 Å². The minimum atomic E-state index is -1.31. The Hall–Kier alpha value is -1.95. The Bertz CT molecular complexity index is 1550. The molecule has 0 radical (unpaired) electrons. The van der Waals surface area contributed by atoms with Crippen LogP contribution in [0.3, 0.4) is 0 Å². The number of epoxide rings is 6. The highest BCUT2D eigenvalue weighted by molar-refractivity contribution is 5.82. The summed E-state index contributed by atoms with van der Waals surface area (Å²) in [5.74, 6) is -7.46. The average molecular weight is 1020 g/mol. The Kier molecular flexibility index (Phi) is 26.3. The van der Waals surface area contributed by atoms with E-state index in [2.05, 4.69) is 20.8 Å². The lowest BCUT2D eigenvalue weighted by molar-refractivity contribution is -0.289. The molecule has 15 heteroatoms. The second-order valence-corrected chi connectivity index (χ2v) is 22.7. The lowest BCUT2D eigenvalue weighted by atomic mass is 9.69. The van der Waals surface area contributed by atoms with Gasteiger partial charge in [0.1, 0.15) is 12.7 Å². The number of hydrogen-bond acceptors (Lipinski definition) is 13. The maximum atomic E-state index is 14.2. The molecule has 6 aliphatic rings. The third-order valence-corrected chi connectivity index (χ3v) is 16.8. The minimum absolute atomic E-state index is 0.171. The molecule has 6 rings (SSSR count). The molecular weight excluding hydrogens is 925 g/mol. The highest BCUT2D eigenvalue weighted by Crippen LogP contribution is 2.44. The second kappa shape index (κ2) is 31.9. The summed E-state index contributed by atoms with van der Waals surface area (Å²) in [5.41, 5.74) is 0. The number of rotatable bonds is 48. The molecule has 17 atom stereocenters. The first-order valence-electron chi connectivity index (χ1n) is 29.5. The monoisotopic (exact) mass is 1020 g/mol. The molecule has 0 spiro atoms. The van der Waals surface area contributed by atoms with Gasteiger partial charge in [0.2, 0.25) is 0 Å². The van der Waals surface area contributed by atoms with Crippen LogP contribution in [0.25, 0.3) is 0 Å². The molecule has 15 nitrogen and oxygen atoms in total. The summed E-state index contributed by atoms with van der Waals surface area (Å²) in [4.78, 5) is 51.1. The van der Waals surface area contributed by atoms with E-state index >= 15 is 0 Å². The zero-order chi connectivity index (χ0) is 51.2. The molecule has 6 fully saturated rings. The van der Waals surface area contributed by atoms with E-state index in [1.165, 1.54) is 57.8 Å². The Labute approximate surface area is 432 Å². The van der Waals surface area contributed by atoms with Gasteiger partial charge >= 0.3 is 17.9 Å². The van der Waals surface area contributed by atoms with Crippen molar-refractivity contribution in [1.29, 1.82) is 0 Å². The standard InChI is InChI=1S/C57H98O15/c1-4-7-9-10-11-21-29-43-44(67-43)30-22-14-12-18-26-40(55(60)61)39(25-20-16-24-32-47-51(70-47)35-53-52(71-53)33-48-42(6-3)66-48)54(57(64)72-65-37-38(59)36-58)41(56(62)63)27-19-13-15-23-31-46-50(69-46)34-49-45(68-49)28-17-8-5-2/h38-54,58-59H,4-37H2,1-3H3,(H,60,61)(H,62,63). The van der Waals surface area contributed by atoms with Gasteiger partial charge in [0, 0.05) is 19.3 Å². The Morgan fingerprint density at radius 2 is 0.792 bits per heavy atom. The molecule has 0 aromatic heterocycles. The smallest absolute Gasteiger partial charge is 0.346 e. The molecular formula is C57H98O15. The molecule has 0 saturated carbocycles. The average Bonchev–Trinajstić information content (AvgIpc) is 4.09. The minimum Gasteiger partial charge on any atom is -0.481 e. The van der Waals surface area contributed by atoms with Crippen LogP contribution in [0.4, 0.5) is 0 Å². The van der Waals surface area contributed by atoms with E-state index in [1.807, 2.05) is 0 Å². The van der Waals surface area contributed by atoms with Crippen molar-refractivity contribution in [1.82, 2.24) is 0 Å². The molecule has 416 valence electrons. The van der Waals surface area contributed by atoms with Gasteiger partial charge in [-0.05, 0) is 63.7 Å². The number of aliphatic carboxylic acids is 2. The van der Waals surface area contributed by atoms with Crippen LogP contribution in [0.15, 0.2) is 0 Å². The zero-order valence-corrected chi connectivity index (χ0v) is 44.6. The number of carboxylic acid groups (broad SMARTS) is 2. The van der Waals surface area contributed by atoms with Gasteiger partial charge in [0.15, 0.2) is 0 Å². The van der Waals surface area contributed by atoms with Crippen molar-refractivity contribution in [3.63, 3.8) is 0 Å². The topological polar surface area (TPSA) is 226 Å². The molecule has 6 saturated heterocycles. The van der Waals surface area contributed by atoms with Gasteiger partial charge in [-0.15, -0.1) is 0 Å². The molecule has 6 heterocycles. The molecule has 4 N–H and O–H groups in total. The number of aliphatic hydroxyl groups excluding tert-OH is 2. The molecule has 0 bridgehead atoms. The lowest BCUT2D eigenvalue weighted by Crippen LogP contribution is -2.42. The van der Waals surface area contributed by atoms with Crippen molar-refractivity contribution in [3.05, 3.63) is 0 Å². The molecule has 0 amide bonds. The van der Waals surface area contributed by atoms with Crippen molar-refractivity contribution in [2.45, 2.75) is 306 Å². The van der Waals surface area contributed by atoms with E-state index in [-0.39, 0.29) is 43.0 Å².